The number of piperidine rings is 1. The lowest BCUT2D eigenvalue weighted by atomic mass is 10.1. The number of rotatable bonds is 6. The Labute approximate surface area is 186 Å². The molecule has 0 N–H and O–H groups in total. The van der Waals surface area contributed by atoms with E-state index < -0.39 is 0 Å². The SMILES string of the molecule is Cc1ccc(N(CC(=O)N2CCCCC2)C(=O)Cc2csc(-c3ccc(C)o3)n2)cc1. The van der Waals surface area contributed by atoms with Gasteiger partial charge in [0.2, 0.25) is 11.8 Å². The zero-order chi connectivity index (χ0) is 21.8. The summed E-state index contributed by atoms with van der Waals surface area (Å²) >= 11 is 1.45. The number of hydrogen-bond acceptors (Lipinski definition) is 5. The Kier molecular flexibility index (Phi) is 6.51. The van der Waals surface area contributed by atoms with E-state index in [1.54, 1.807) is 4.90 Å². The molecule has 1 saturated heterocycles. The van der Waals surface area contributed by atoms with Gasteiger partial charge in [0.15, 0.2) is 10.8 Å². The molecule has 0 radical (unpaired) electrons. The topological polar surface area (TPSA) is 66.7 Å². The Morgan fingerprint density at radius 3 is 2.48 bits per heavy atom. The molecule has 3 heterocycles. The van der Waals surface area contributed by atoms with Gasteiger partial charge < -0.3 is 14.2 Å². The van der Waals surface area contributed by atoms with Crippen LogP contribution in [0.5, 0.6) is 0 Å². The van der Waals surface area contributed by atoms with E-state index in [4.69, 9.17) is 4.42 Å². The summed E-state index contributed by atoms with van der Waals surface area (Å²) in [5, 5.41) is 2.63. The normalized spacial score (nSPS) is 13.9. The molecule has 0 atom stereocenters. The third-order valence-electron chi connectivity index (χ3n) is 5.48. The molecular formula is C24H27N3O3S. The summed E-state index contributed by atoms with van der Waals surface area (Å²) < 4.78 is 5.64. The molecule has 31 heavy (non-hydrogen) atoms. The van der Waals surface area contributed by atoms with Gasteiger partial charge in [-0.3, -0.25) is 9.59 Å². The number of likely N-dealkylation sites (tertiary alicyclic amines) is 1. The second-order valence-electron chi connectivity index (χ2n) is 7.99. The number of aryl methyl sites for hydroxylation is 2. The molecule has 0 spiro atoms. The van der Waals surface area contributed by atoms with Crippen molar-refractivity contribution in [3.63, 3.8) is 0 Å². The Hall–Kier alpha value is -2.93. The maximum absolute atomic E-state index is 13.3. The van der Waals surface area contributed by atoms with E-state index in [-0.39, 0.29) is 24.8 Å². The quantitative estimate of drug-likeness (QED) is 0.565. The summed E-state index contributed by atoms with van der Waals surface area (Å²) in [7, 11) is 0. The number of hydrogen-bond donors (Lipinski definition) is 0. The maximum Gasteiger partial charge on any atom is 0.242 e. The fourth-order valence-corrected chi connectivity index (χ4v) is 4.51. The summed E-state index contributed by atoms with van der Waals surface area (Å²) in [5.74, 6) is 1.39. The maximum atomic E-state index is 13.3. The number of thiazole rings is 1. The van der Waals surface area contributed by atoms with Crippen molar-refractivity contribution < 1.29 is 14.0 Å². The lowest BCUT2D eigenvalue weighted by molar-refractivity contribution is -0.132. The van der Waals surface area contributed by atoms with Crippen LogP contribution in [0.25, 0.3) is 10.8 Å². The zero-order valence-electron chi connectivity index (χ0n) is 18.0. The fraction of sp³-hybridized carbons (Fsp3) is 0.375. The van der Waals surface area contributed by atoms with Crippen molar-refractivity contribution >= 4 is 28.8 Å². The smallest absolute Gasteiger partial charge is 0.242 e. The second kappa shape index (κ2) is 9.47. The largest absolute Gasteiger partial charge is 0.459 e. The Morgan fingerprint density at radius 1 is 1.06 bits per heavy atom. The molecule has 1 fully saturated rings. The van der Waals surface area contributed by atoms with Crippen molar-refractivity contribution in [2.75, 3.05) is 24.5 Å². The first-order valence-corrected chi connectivity index (χ1v) is 11.5. The Balaban J connectivity index is 1.51. The molecule has 7 heteroatoms. The number of furan rings is 1. The van der Waals surface area contributed by atoms with E-state index in [0.29, 0.717) is 11.5 Å². The predicted octanol–water partition coefficient (Wildman–Crippen LogP) is 4.61. The van der Waals surface area contributed by atoms with Gasteiger partial charge in [-0.1, -0.05) is 17.7 Å². The number of nitrogens with zero attached hydrogens (tertiary/aromatic N) is 3. The van der Waals surface area contributed by atoms with E-state index in [0.717, 1.165) is 54.4 Å². The molecule has 0 bridgehead atoms. The zero-order valence-corrected chi connectivity index (χ0v) is 18.8. The molecule has 162 valence electrons. The molecule has 0 saturated carbocycles. The van der Waals surface area contributed by atoms with E-state index in [1.807, 2.05) is 60.5 Å². The van der Waals surface area contributed by atoms with Crippen LogP contribution in [0.2, 0.25) is 0 Å². The molecule has 6 nitrogen and oxygen atoms in total. The van der Waals surface area contributed by atoms with E-state index in [1.165, 1.54) is 11.3 Å². The molecule has 1 aliphatic heterocycles. The van der Waals surface area contributed by atoms with Gasteiger partial charge in [0.05, 0.1) is 12.1 Å². The highest BCUT2D eigenvalue weighted by Gasteiger charge is 2.24. The summed E-state index contributed by atoms with van der Waals surface area (Å²) in [6.07, 6.45) is 3.35. The van der Waals surface area contributed by atoms with Crippen molar-refractivity contribution in [2.24, 2.45) is 0 Å². The summed E-state index contributed by atoms with van der Waals surface area (Å²) in [5.41, 5.74) is 2.52. The third-order valence-corrected chi connectivity index (χ3v) is 6.39. The number of carbonyl (C=O) groups excluding carboxylic acids is 2. The monoisotopic (exact) mass is 437 g/mol. The van der Waals surface area contributed by atoms with Crippen LogP contribution in [0.3, 0.4) is 0 Å². The van der Waals surface area contributed by atoms with Gasteiger partial charge in [-0.25, -0.2) is 4.98 Å². The van der Waals surface area contributed by atoms with Crippen molar-refractivity contribution in [1.82, 2.24) is 9.88 Å². The van der Waals surface area contributed by atoms with Gasteiger partial charge in [0.1, 0.15) is 12.3 Å². The first-order chi connectivity index (χ1) is 15.0. The molecule has 0 aliphatic carbocycles. The standard InChI is InChI=1S/C24H27N3O3S/c1-17-6-9-20(10-7-17)27(15-23(29)26-12-4-3-5-13-26)22(28)14-19-16-31-24(25-19)21-11-8-18(2)30-21/h6-11,16H,3-5,12-15H2,1-2H3. The van der Waals surface area contributed by atoms with Gasteiger partial charge >= 0.3 is 0 Å². The van der Waals surface area contributed by atoms with Gasteiger partial charge in [-0.05, 0) is 57.4 Å². The average molecular weight is 438 g/mol. The van der Waals surface area contributed by atoms with Crippen molar-refractivity contribution in [3.8, 4) is 10.8 Å². The van der Waals surface area contributed by atoms with Crippen LogP contribution in [0.4, 0.5) is 5.69 Å². The number of aromatic nitrogens is 1. The highest BCUT2D eigenvalue weighted by atomic mass is 32.1. The number of carbonyl (C=O) groups is 2. The van der Waals surface area contributed by atoms with Crippen LogP contribution in [0.1, 0.15) is 36.3 Å². The van der Waals surface area contributed by atoms with E-state index >= 15 is 0 Å². The third kappa shape index (κ3) is 5.22. The first kappa shape index (κ1) is 21.3. The van der Waals surface area contributed by atoms with Crippen LogP contribution in [-0.2, 0) is 16.0 Å². The van der Waals surface area contributed by atoms with Gasteiger partial charge in [-0.2, -0.15) is 0 Å². The van der Waals surface area contributed by atoms with Crippen molar-refractivity contribution in [2.45, 2.75) is 39.5 Å². The van der Waals surface area contributed by atoms with Crippen molar-refractivity contribution in [3.05, 3.63) is 58.8 Å². The number of anilines is 1. The summed E-state index contributed by atoms with van der Waals surface area (Å²) in [6, 6.07) is 11.5. The minimum atomic E-state index is -0.137. The fourth-order valence-electron chi connectivity index (χ4n) is 3.73. The van der Waals surface area contributed by atoms with Crippen LogP contribution >= 0.6 is 11.3 Å². The first-order valence-electron chi connectivity index (χ1n) is 10.7. The van der Waals surface area contributed by atoms with Crippen LogP contribution in [0.15, 0.2) is 46.2 Å². The molecular weight excluding hydrogens is 410 g/mol. The lowest BCUT2D eigenvalue weighted by Crippen LogP contribution is -2.45. The molecule has 4 rings (SSSR count). The van der Waals surface area contributed by atoms with Gasteiger partial charge in [0.25, 0.3) is 0 Å². The molecule has 2 amide bonds. The highest BCUT2D eigenvalue weighted by Crippen LogP contribution is 2.26. The molecule has 0 unspecified atom stereocenters. The van der Waals surface area contributed by atoms with Crippen LogP contribution in [0, 0.1) is 13.8 Å². The summed E-state index contributed by atoms with van der Waals surface area (Å²) in [4.78, 5) is 34.2. The molecule has 2 aromatic heterocycles. The second-order valence-corrected chi connectivity index (χ2v) is 8.85. The van der Waals surface area contributed by atoms with Crippen molar-refractivity contribution in [1.29, 1.82) is 0 Å². The minimum Gasteiger partial charge on any atom is -0.459 e. The van der Waals surface area contributed by atoms with Crippen LogP contribution in [-0.4, -0.2) is 41.3 Å². The molecule has 1 aromatic carbocycles. The van der Waals surface area contributed by atoms with Gasteiger partial charge in [-0.15, -0.1) is 11.3 Å². The van der Waals surface area contributed by atoms with E-state index in [2.05, 4.69) is 4.98 Å². The number of benzene rings is 1. The van der Waals surface area contributed by atoms with Crippen LogP contribution < -0.4 is 4.90 Å². The Morgan fingerprint density at radius 2 is 1.81 bits per heavy atom. The lowest BCUT2D eigenvalue weighted by Gasteiger charge is -2.30. The minimum absolute atomic E-state index is 0.00125. The number of amides is 2. The highest BCUT2D eigenvalue weighted by molar-refractivity contribution is 7.13. The molecule has 3 aromatic rings. The average Bonchev–Trinajstić information content (AvgIpc) is 3.42. The molecule has 1 aliphatic rings. The Bertz CT molecular complexity index is 1050. The van der Waals surface area contributed by atoms with Gasteiger partial charge in [0, 0.05) is 24.2 Å². The predicted molar refractivity (Wildman–Crippen MR) is 122 cm³/mol. The van der Waals surface area contributed by atoms with E-state index in [9.17, 15) is 9.59 Å². The summed E-state index contributed by atoms with van der Waals surface area (Å²) in [6.45, 7) is 5.48.